The molecule has 0 bridgehead atoms. The molecule has 98 valence electrons. The fourth-order valence-electron chi connectivity index (χ4n) is 1.56. The number of carbonyl (C=O) groups excluding carboxylic acids is 1. The van der Waals surface area contributed by atoms with Gasteiger partial charge in [0.15, 0.2) is 11.6 Å². The number of aliphatic carboxylic acids is 1. The number of rotatable bonds is 6. The summed E-state index contributed by atoms with van der Waals surface area (Å²) in [6.45, 7) is -0.235. The molecule has 0 aliphatic rings. The molecule has 18 heavy (non-hydrogen) atoms. The lowest BCUT2D eigenvalue weighted by Crippen LogP contribution is -2.24. The van der Waals surface area contributed by atoms with E-state index in [4.69, 9.17) is 10.8 Å². The van der Waals surface area contributed by atoms with Crippen LogP contribution in [0.1, 0.15) is 12.0 Å². The molecule has 1 atom stereocenters. The first-order chi connectivity index (χ1) is 8.43. The van der Waals surface area contributed by atoms with Crippen molar-refractivity contribution >= 4 is 11.8 Å². The van der Waals surface area contributed by atoms with E-state index in [-0.39, 0.29) is 25.2 Å². The van der Waals surface area contributed by atoms with Crippen LogP contribution in [0.5, 0.6) is 0 Å². The highest BCUT2D eigenvalue weighted by Crippen LogP contribution is 2.16. The Kier molecular flexibility index (Phi) is 4.91. The molecule has 4 nitrogen and oxygen atoms in total. The molecule has 0 spiro atoms. The highest BCUT2D eigenvalue weighted by Gasteiger charge is 2.21. The van der Waals surface area contributed by atoms with Crippen LogP contribution in [0.2, 0.25) is 0 Å². The molecule has 0 aliphatic carbocycles. The van der Waals surface area contributed by atoms with Crippen LogP contribution in [0.15, 0.2) is 18.2 Å². The monoisotopic (exact) mass is 257 g/mol. The third kappa shape index (κ3) is 3.89. The number of nitrogens with two attached hydrogens (primary N) is 1. The molecule has 6 heteroatoms. The maximum absolute atomic E-state index is 13.0. The van der Waals surface area contributed by atoms with E-state index in [0.29, 0.717) is 5.56 Å². The van der Waals surface area contributed by atoms with Crippen LogP contribution in [0.3, 0.4) is 0 Å². The Balaban J connectivity index is 2.80. The van der Waals surface area contributed by atoms with Gasteiger partial charge in [-0.15, -0.1) is 0 Å². The van der Waals surface area contributed by atoms with Gasteiger partial charge in [-0.2, -0.15) is 0 Å². The lowest BCUT2D eigenvalue weighted by Gasteiger charge is -2.11. The SMILES string of the molecule is NCC(=O)CC(Cc1ccc(F)c(F)c1)C(=O)O. The number of ketones is 1. The Morgan fingerprint density at radius 2 is 1.94 bits per heavy atom. The molecule has 0 heterocycles. The summed E-state index contributed by atoms with van der Waals surface area (Å²) in [6, 6.07) is 3.15. The predicted octanol–water partition coefficient (Wildman–Crippen LogP) is 1.13. The average Bonchev–Trinajstić information content (AvgIpc) is 2.32. The van der Waals surface area contributed by atoms with E-state index in [1.807, 2.05) is 0 Å². The molecule has 1 aromatic rings. The molecule has 3 N–H and O–H groups in total. The lowest BCUT2D eigenvalue weighted by molar-refractivity contribution is -0.143. The van der Waals surface area contributed by atoms with Crippen molar-refractivity contribution in [3.63, 3.8) is 0 Å². The first kappa shape index (κ1) is 14.2. The van der Waals surface area contributed by atoms with E-state index in [1.54, 1.807) is 0 Å². The zero-order chi connectivity index (χ0) is 13.7. The topological polar surface area (TPSA) is 80.4 Å². The van der Waals surface area contributed by atoms with Gasteiger partial charge >= 0.3 is 5.97 Å². The van der Waals surface area contributed by atoms with E-state index in [0.717, 1.165) is 12.1 Å². The van der Waals surface area contributed by atoms with Crippen LogP contribution in [0.4, 0.5) is 8.78 Å². The van der Waals surface area contributed by atoms with Crippen LogP contribution < -0.4 is 5.73 Å². The Labute approximate surface area is 102 Å². The number of hydrogen-bond acceptors (Lipinski definition) is 3. The van der Waals surface area contributed by atoms with E-state index >= 15 is 0 Å². The number of benzene rings is 1. The molecular formula is C12H13F2NO3. The van der Waals surface area contributed by atoms with Gasteiger partial charge in [0.25, 0.3) is 0 Å². The van der Waals surface area contributed by atoms with Crippen molar-refractivity contribution in [3.05, 3.63) is 35.4 Å². The predicted molar refractivity (Wildman–Crippen MR) is 59.9 cm³/mol. The number of carbonyl (C=O) groups is 2. The quantitative estimate of drug-likeness (QED) is 0.800. The molecule has 0 aromatic heterocycles. The first-order valence-electron chi connectivity index (χ1n) is 5.32. The summed E-state index contributed by atoms with van der Waals surface area (Å²) in [6.07, 6.45) is -0.261. The van der Waals surface area contributed by atoms with Gasteiger partial charge in [0.1, 0.15) is 5.78 Å². The van der Waals surface area contributed by atoms with Gasteiger partial charge < -0.3 is 10.8 Å². The summed E-state index contributed by atoms with van der Waals surface area (Å²) < 4.78 is 25.6. The van der Waals surface area contributed by atoms with Crippen LogP contribution in [0, 0.1) is 17.6 Å². The minimum Gasteiger partial charge on any atom is -0.481 e. The minimum atomic E-state index is -1.17. The lowest BCUT2D eigenvalue weighted by atomic mass is 9.94. The molecule has 0 amide bonds. The van der Waals surface area contributed by atoms with Crippen LogP contribution in [-0.4, -0.2) is 23.4 Å². The summed E-state index contributed by atoms with van der Waals surface area (Å²) in [5.41, 5.74) is 5.43. The van der Waals surface area contributed by atoms with Crippen molar-refractivity contribution in [2.75, 3.05) is 6.54 Å². The summed E-state index contributed by atoms with van der Waals surface area (Å²) in [4.78, 5) is 22.1. The van der Waals surface area contributed by atoms with E-state index < -0.39 is 23.5 Å². The molecular weight excluding hydrogens is 244 g/mol. The molecule has 0 radical (unpaired) electrons. The summed E-state index contributed by atoms with van der Waals surface area (Å²) >= 11 is 0. The van der Waals surface area contributed by atoms with Crippen LogP contribution >= 0.6 is 0 Å². The number of carboxylic acid groups (broad SMARTS) is 1. The fraction of sp³-hybridized carbons (Fsp3) is 0.333. The maximum Gasteiger partial charge on any atom is 0.307 e. The Hall–Kier alpha value is -1.82. The zero-order valence-electron chi connectivity index (χ0n) is 9.53. The van der Waals surface area contributed by atoms with E-state index in [9.17, 15) is 18.4 Å². The van der Waals surface area contributed by atoms with Crippen LogP contribution in [0.25, 0.3) is 0 Å². The zero-order valence-corrected chi connectivity index (χ0v) is 9.53. The Bertz CT molecular complexity index is 463. The molecule has 0 fully saturated rings. The van der Waals surface area contributed by atoms with E-state index in [2.05, 4.69) is 0 Å². The van der Waals surface area contributed by atoms with Crippen molar-refractivity contribution < 1.29 is 23.5 Å². The number of halogens is 2. The van der Waals surface area contributed by atoms with Gasteiger partial charge in [0.2, 0.25) is 0 Å². The summed E-state index contributed by atoms with van der Waals surface area (Å²) in [5, 5.41) is 8.94. The number of carboxylic acids is 1. The van der Waals surface area contributed by atoms with Crippen molar-refractivity contribution in [1.29, 1.82) is 0 Å². The van der Waals surface area contributed by atoms with Crippen molar-refractivity contribution in [2.45, 2.75) is 12.8 Å². The second-order valence-electron chi connectivity index (χ2n) is 3.93. The third-order valence-corrected chi connectivity index (χ3v) is 2.52. The van der Waals surface area contributed by atoms with E-state index in [1.165, 1.54) is 6.07 Å². The molecule has 0 saturated heterocycles. The largest absolute Gasteiger partial charge is 0.481 e. The van der Waals surface area contributed by atoms with Gasteiger partial charge in [-0.25, -0.2) is 8.78 Å². The van der Waals surface area contributed by atoms with Crippen molar-refractivity contribution in [3.8, 4) is 0 Å². The van der Waals surface area contributed by atoms with Crippen molar-refractivity contribution in [2.24, 2.45) is 11.7 Å². The van der Waals surface area contributed by atoms with Gasteiger partial charge in [-0.05, 0) is 24.1 Å². The normalized spacial score (nSPS) is 12.2. The van der Waals surface area contributed by atoms with Gasteiger partial charge in [-0.1, -0.05) is 6.07 Å². The minimum absolute atomic E-state index is 0.0434. The number of Topliss-reactive ketones (excluding diaryl/α,β-unsaturated/α-hetero) is 1. The fourth-order valence-corrected chi connectivity index (χ4v) is 1.56. The second kappa shape index (κ2) is 6.20. The molecule has 1 unspecified atom stereocenters. The number of hydrogen-bond donors (Lipinski definition) is 2. The molecule has 1 rings (SSSR count). The van der Waals surface area contributed by atoms with Gasteiger partial charge in [0, 0.05) is 6.42 Å². The van der Waals surface area contributed by atoms with Crippen molar-refractivity contribution in [1.82, 2.24) is 0 Å². The van der Waals surface area contributed by atoms with Crippen LogP contribution in [-0.2, 0) is 16.0 Å². The molecule has 1 aromatic carbocycles. The molecule has 0 aliphatic heterocycles. The van der Waals surface area contributed by atoms with Gasteiger partial charge in [0.05, 0.1) is 12.5 Å². The summed E-state index contributed by atoms with van der Waals surface area (Å²) in [7, 11) is 0. The highest BCUT2D eigenvalue weighted by molar-refractivity contribution is 5.85. The smallest absolute Gasteiger partial charge is 0.307 e. The van der Waals surface area contributed by atoms with Gasteiger partial charge in [-0.3, -0.25) is 9.59 Å². The highest BCUT2D eigenvalue weighted by atomic mass is 19.2. The second-order valence-corrected chi connectivity index (χ2v) is 3.93. The maximum atomic E-state index is 13.0. The first-order valence-corrected chi connectivity index (χ1v) is 5.32. The Morgan fingerprint density at radius 1 is 1.28 bits per heavy atom. The standard InChI is InChI=1S/C12H13F2NO3/c13-10-2-1-7(4-11(10)14)3-8(12(17)18)5-9(16)6-15/h1-2,4,8H,3,5-6,15H2,(H,17,18). The molecule has 0 saturated carbocycles. The third-order valence-electron chi connectivity index (χ3n) is 2.52. The Morgan fingerprint density at radius 3 is 2.44 bits per heavy atom. The average molecular weight is 257 g/mol. The summed E-state index contributed by atoms with van der Waals surface area (Å²) in [5.74, 6) is -4.57.